The van der Waals surface area contributed by atoms with E-state index < -0.39 is 0 Å². The van der Waals surface area contributed by atoms with Crippen molar-refractivity contribution in [2.75, 3.05) is 24.6 Å². The molecule has 3 rings (SSSR count). The third-order valence-corrected chi connectivity index (χ3v) is 4.11. The number of amides is 1. The van der Waals surface area contributed by atoms with Crippen LogP contribution in [0, 0.1) is 0 Å². The molecule has 1 aromatic rings. The summed E-state index contributed by atoms with van der Waals surface area (Å²) < 4.78 is 6.44. The number of piperidine rings is 1. The van der Waals surface area contributed by atoms with E-state index in [1.165, 1.54) is 0 Å². The highest BCUT2D eigenvalue weighted by atomic mass is 79.9. The summed E-state index contributed by atoms with van der Waals surface area (Å²) in [7, 11) is 0. The van der Waals surface area contributed by atoms with Gasteiger partial charge in [0.05, 0.1) is 10.2 Å². The zero-order chi connectivity index (χ0) is 12.5. The highest BCUT2D eigenvalue weighted by Crippen LogP contribution is 2.40. The summed E-state index contributed by atoms with van der Waals surface area (Å²) >= 11 is 3.48. The number of halogens is 1. The van der Waals surface area contributed by atoms with Crippen LogP contribution in [0.15, 0.2) is 22.7 Å². The lowest BCUT2D eigenvalue weighted by molar-refractivity contribution is -0.122. The average molecular weight is 311 g/mol. The molecule has 2 aliphatic heterocycles. The fourth-order valence-corrected chi connectivity index (χ4v) is 3.10. The molecule has 18 heavy (non-hydrogen) atoms. The lowest BCUT2D eigenvalue weighted by Gasteiger charge is -2.38. The maximum absolute atomic E-state index is 12.1. The van der Waals surface area contributed by atoms with Crippen molar-refractivity contribution in [3.05, 3.63) is 22.7 Å². The van der Waals surface area contributed by atoms with Crippen LogP contribution in [0.2, 0.25) is 0 Å². The molecule has 0 aliphatic carbocycles. The van der Waals surface area contributed by atoms with Gasteiger partial charge >= 0.3 is 0 Å². The van der Waals surface area contributed by atoms with E-state index in [-0.39, 0.29) is 18.6 Å². The molecule has 5 heteroatoms. The standard InChI is InChI=1S/C13H15BrN2O2/c14-10-2-1-3-11-13(10)18-8-12(17)16(11)9-4-6-15-7-5-9/h1-3,9,15H,4-8H2. The van der Waals surface area contributed by atoms with E-state index in [0.717, 1.165) is 41.8 Å². The Balaban J connectivity index is 1.98. The van der Waals surface area contributed by atoms with Crippen molar-refractivity contribution in [1.82, 2.24) is 5.32 Å². The number of carbonyl (C=O) groups is 1. The number of hydrogen-bond acceptors (Lipinski definition) is 3. The third-order valence-electron chi connectivity index (χ3n) is 3.49. The van der Waals surface area contributed by atoms with Crippen LogP contribution in [0.5, 0.6) is 5.75 Å². The lowest BCUT2D eigenvalue weighted by atomic mass is 10.0. The summed E-state index contributed by atoms with van der Waals surface area (Å²) in [5.41, 5.74) is 0.896. The largest absolute Gasteiger partial charge is 0.480 e. The fourth-order valence-electron chi connectivity index (χ4n) is 2.63. The van der Waals surface area contributed by atoms with Gasteiger partial charge in [-0.05, 0) is 54.0 Å². The molecule has 1 fully saturated rings. The zero-order valence-corrected chi connectivity index (χ0v) is 11.6. The lowest BCUT2D eigenvalue weighted by Crippen LogP contribution is -2.49. The minimum Gasteiger partial charge on any atom is -0.480 e. The molecule has 2 heterocycles. The van der Waals surface area contributed by atoms with E-state index >= 15 is 0 Å². The van der Waals surface area contributed by atoms with E-state index in [2.05, 4.69) is 21.2 Å². The minimum atomic E-state index is 0.0625. The maximum Gasteiger partial charge on any atom is 0.265 e. The van der Waals surface area contributed by atoms with E-state index in [9.17, 15) is 4.79 Å². The first kappa shape index (κ1) is 12.0. The van der Waals surface area contributed by atoms with Crippen LogP contribution in [-0.4, -0.2) is 31.6 Å². The van der Waals surface area contributed by atoms with Gasteiger partial charge in [0.25, 0.3) is 5.91 Å². The van der Waals surface area contributed by atoms with Crippen molar-refractivity contribution in [2.24, 2.45) is 0 Å². The third kappa shape index (κ3) is 2.01. The van der Waals surface area contributed by atoms with Crippen LogP contribution in [0.1, 0.15) is 12.8 Å². The molecular weight excluding hydrogens is 296 g/mol. The Morgan fingerprint density at radius 2 is 2.11 bits per heavy atom. The normalized spacial score (nSPS) is 20.5. The van der Waals surface area contributed by atoms with Crippen LogP contribution < -0.4 is 15.0 Å². The van der Waals surface area contributed by atoms with Gasteiger partial charge in [-0.3, -0.25) is 4.79 Å². The van der Waals surface area contributed by atoms with Gasteiger partial charge in [-0.1, -0.05) is 6.07 Å². The predicted octanol–water partition coefficient (Wildman–Crippen LogP) is 1.93. The summed E-state index contributed by atoms with van der Waals surface area (Å²) in [5, 5.41) is 3.33. The van der Waals surface area contributed by atoms with Crippen molar-refractivity contribution in [1.29, 1.82) is 0 Å². The Bertz CT molecular complexity index is 472. The van der Waals surface area contributed by atoms with Crippen molar-refractivity contribution in [3.8, 4) is 5.75 Å². The molecule has 4 nitrogen and oxygen atoms in total. The van der Waals surface area contributed by atoms with Crippen molar-refractivity contribution >= 4 is 27.5 Å². The molecule has 0 spiro atoms. The summed E-state index contributed by atoms with van der Waals surface area (Å²) in [4.78, 5) is 14.1. The van der Waals surface area contributed by atoms with Gasteiger partial charge < -0.3 is 15.0 Å². The van der Waals surface area contributed by atoms with Crippen LogP contribution in [0.4, 0.5) is 5.69 Å². The van der Waals surface area contributed by atoms with E-state index in [0.29, 0.717) is 0 Å². The summed E-state index contributed by atoms with van der Waals surface area (Å²) in [6, 6.07) is 6.13. The van der Waals surface area contributed by atoms with Gasteiger partial charge in [-0.25, -0.2) is 0 Å². The summed E-state index contributed by atoms with van der Waals surface area (Å²) in [6.07, 6.45) is 2.00. The summed E-state index contributed by atoms with van der Waals surface area (Å²) in [5.74, 6) is 0.850. The Hall–Kier alpha value is -1.07. The quantitative estimate of drug-likeness (QED) is 0.862. The second kappa shape index (κ2) is 4.90. The second-order valence-corrected chi connectivity index (χ2v) is 5.48. The van der Waals surface area contributed by atoms with E-state index in [4.69, 9.17) is 4.74 Å². The van der Waals surface area contributed by atoms with Crippen LogP contribution >= 0.6 is 15.9 Å². The molecular formula is C13H15BrN2O2. The second-order valence-electron chi connectivity index (χ2n) is 4.62. The number of nitrogens with zero attached hydrogens (tertiary/aromatic N) is 1. The van der Waals surface area contributed by atoms with Gasteiger partial charge in [-0.15, -0.1) is 0 Å². The Morgan fingerprint density at radius 1 is 1.33 bits per heavy atom. The van der Waals surface area contributed by atoms with E-state index in [1.807, 2.05) is 23.1 Å². The molecule has 1 saturated heterocycles. The molecule has 1 aromatic carbocycles. The molecule has 96 valence electrons. The van der Waals surface area contributed by atoms with Gasteiger partial charge in [-0.2, -0.15) is 0 Å². The summed E-state index contributed by atoms with van der Waals surface area (Å²) in [6.45, 7) is 2.08. The smallest absolute Gasteiger partial charge is 0.265 e. The minimum absolute atomic E-state index is 0.0625. The molecule has 0 unspecified atom stereocenters. The van der Waals surface area contributed by atoms with Crippen LogP contribution in [0.3, 0.4) is 0 Å². The number of benzene rings is 1. The molecule has 0 radical (unpaired) electrons. The predicted molar refractivity (Wildman–Crippen MR) is 73.0 cm³/mol. The number of nitrogens with one attached hydrogen (secondary N) is 1. The van der Waals surface area contributed by atoms with Crippen molar-refractivity contribution in [2.45, 2.75) is 18.9 Å². The number of ether oxygens (including phenoxy) is 1. The zero-order valence-electron chi connectivity index (χ0n) is 9.99. The Morgan fingerprint density at radius 3 is 2.89 bits per heavy atom. The SMILES string of the molecule is O=C1COc2c(Br)cccc2N1C1CCNCC1. The highest BCUT2D eigenvalue weighted by molar-refractivity contribution is 9.10. The molecule has 1 amide bonds. The van der Waals surface area contributed by atoms with Gasteiger partial charge in [0.1, 0.15) is 0 Å². The first-order valence-electron chi connectivity index (χ1n) is 6.21. The van der Waals surface area contributed by atoms with Gasteiger partial charge in [0.2, 0.25) is 0 Å². The number of rotatable bonds is 1. The van der Waals surface area contributed by atoms with Gasteiger partial charge in [0.15, 0.2) is 12.4 Å². The number of carbonyl (C=O) groups excluding carboxylic acids is 1. The number of hydrogen-bond donors (Lipinski definition) is 1. The Kier molecular flexibility index (Phi) is 3.26. The molecule has 2 aliphatic rings. The highest BCUT2D eigenvalue weighted by Gasteiger charge is 2.33. The fraction of sp³-hybridized carbons (Fsp3) is 0.462. The molecule has 0 bridgehead atoms. The van der Waals surface area contributed by atoms with Gasteiger partial charge in [0, 0.05) is 6.04 Å². The molecule has 0 atom stereocenters. The van der Waals surface area contributed by atoms with E-state index in [1.54, 1.807) is 0 Å². The van der Waals surface area contributed by atoms with Crippen molar-refractivity contribution < 1.29 is 9.53 Å². The number of fused-ring (bicyclic) bond motifs is 1. The van der Waals surface area contributed by atoms with Crippen LogP contribution in [-0.2, 0) is 4.79 Å². The monoisotopic (exact) mass is 310 g/mol. The topological polar surface area (TPSA) is 41.6 Å². The average Bonchev–Trinajstić information content (AvgIpc) is 2.40. The number of anilines is 1. The molecule has 0 aromatic heterocycles. The first-order chi connectivity index (χ1) is 8.77. The van der Waals surface area contributed by atoms with Crippen molar-refractivity contribution in [3.63, 3.8) is 0 Å². The Labute approximate surface area is 114 Å². The maximum atomic E-state index is 12.1. The first-order valence-corrected chi connectivity index (χ1v) is 7.01. The molecule has 1 N–H and O–H groups in total. The van der Waals surface area contributed by atoms with Crippen LogP contribution in [0.25, 0.3) is 0 Å². The molecule has 0 saturated carbocycles. The number of para-hydroxylation sites is 1.